The summed E-state index contributed by atoms with van der Waals surface area (Å²) in [5, 5.41) is 11.0. The van der Waals surface area contributed by atoms with Crippen LogP contribution >= 0.6 is 15.6 Å². The second-order valence-electron chi connectivity index (χ2n) is 9.14. The van der Waals surface area contributed by atoms with E-state index in [1.54, 1.807) is 13.0 Å². The molecule has 0 fully saturated rings. The quantitative estimate of drug-likeness (QED) is 0.254. The van der Waals surface area contributed by atoms with E-state index in [0.29, 0.717) is 22.3 Å². The van der Waals surface area contributed by atoms with Crippen LogP contribution in [0.25, 0.3) is 22.3 Å². The summed E-state index contributed by atoms with van der Waals surface area (Å²) in [5.74, 6) is 0.177. The van der Waals surface area contributed by atoms with E-state index in [1.807, 2.05) is 66.7 Å². The molecule has 0 aliphatic heterocycles. The molecule has 0 saturated carbocycles. The van der Waals surface area contributed by atoms with Crippen molar-refractivity contribution in [2.75, 3.05) is 0 Å². The zero-order valence-corrected chi connectivity index (χ0v) is 23.4. The van der Waals surface area contributed by atoms with Gasteiger partial charge in [-0.3, -0.25) is 4.89 Å². The van der Waals surface area contributed by atoms with Gasteiger partial charge in [0, 0.05) is 11.1 Å². The van der Waals surface area contributed by atoms with Gasteiger partial charge < -0.3 is 19.4 Å². The van der Waals surface area contributed by atoms with E-state index in [-0.39, 0.29) is 11.5 Å². The molecule has 0 aliphatic rings. The molecule has 0 aliphatic carbocycles. The van der Waals surface area contributed by atoms with E-state index in [0.717, 1.165) is 44.5 Å². The molecule has 4 N–H and O–H groups in total. The molecule has 0 spiro atoms. The average Bonchev–Trinajstić information content (AvgIpc) is 2.77. The maximum Gasteiger partial charge on any atom is 0.536 e. The standard InChI is InChI=1S/C26H32O8P2/c1-13-15(3)19(7)25(27)23(17(13)5)21-10-9-11-22(12-21)24-18(6)14(2)16(4)20(8)26(24)33-36(31,32)34-35(28,29)30/h9-12,27H,1-8H3,(H,31,32)(H2,28,29,30). The monoisotopic (exact) mass is 534 g/mol. The van der Waals surface area contributed by atoms with Crippen molar-refractivity contribution in [3.05, 3.63) is 68.8 Å². The molecule has 36 heavy (non-hydrogen) atoms. The fraction of sp³-hybridized carbons (Fsp3) is 0.308. The fourth-order valence-corrected chi connectivity index (χ4v) is 6.15. The largest absolute Gasteiger partial charge is 0.536 e. The molecule has 1 atom stereocenters. The van der Waals surface area contributed by atoms with E-state index >= 15 is 0 Å². The van der Waals surface area contributed by atoms with E-state index in [9.17, 15) is 19.1 Å². The highest BCUT2D eigenvalue weighted by Crippen LogP contribution is 2.59. The van der Waals surface area contributed by atoms with Crippen molar-refractivity contribution in [3.63, 3.8) is 0 Å². The first-order valence-electron chi connectivity index (χ1n) is 11.3. The number of hydrogen-bond donors (Lipinski definition) is 4. The third-order valence-electron chi connectivity index (χ3n) is 7.14. The van der Waals surface area contributed by atoms with Gasteiger partial charge in [0.15, 0.2) is 0 Å². The van der Waals surface area contributed by atoms with Crippen molar-refractivity contribution in [2.45, 2.75) is 55.4 Å². The molecule has 0 heterocycles. The lowest BCUT2D eigenvalue weighted by Crippen LogP contribution is -2.04. The second-order valence-corrected chi connectivity index (χ2v) is 11.9. The number of phenols is 1. The minimum Gasteiger partial charge on any atom is -0.507 e. The lowest BCUT2D eigenvalue weighted by Gasteiger charge is -2.23. The van der Waals surface area contributed by atoms with Crippen molar-refractivity contribution < 1.29 is 37.8 Å². The predicted molar refractivity (Wildman–Crippen MR) is 140 cm³/mol. The van der Waals surface area contributed by atoms with Gasteiger partial charge in [-0.05, 0) is 117 Å². The van der Waals surface area contributed by atoms with Crippen LogP contribution in [0.4, 0.5) is 0 Å². The molecule has 0 radical (unpaired) electrons. The summed E-state index contributed by atoms with van der Waals surface area (Å²) in [5.41, 5.74) is 9.40. The fourth-order valence-electron chi connectivity index (χ4n) is 4.48. The highest BCUT2D eigenvalue weighted by molar-refractivity contribution is 7.60. The Bertz CT molecular complexity index is 1440. The number of phosphoric ester groups is 1. The molecular weight excluding hydrogens is 502 g/mol. The number of hydrogen-bond acceptors (Lipinski definition) is 5. The first-order chi connectivity index (χ1) is 16.5. The summed E-state index contributed by atoms with van der Waals surface area (Å²) in [7, 11) is -10.5. The van der Waals surface area contributed by atoms with Gasteiger partial charge >= 0.3 is 15.6 Å². The smallest absolute Gasteiger partial charge is 0.507 e. The summed E-state index contributed by atoms with van der Waals surface area (Å²) in [4.78, 5) is 28.3. The van der Waals surface area contributed by atoms with Gasteiger partial charge in [0.1, 0.15) is 11.5 Å². The van der Waals surface area contributed by atoms with Crippen LogP contribution in [0.3, 0.4) is 0 Å². The van der Waals surface area contributed by atoms with Crippen LogP contribution in [0.5, 0.6) is 11.5 Å². The molecule has 0 saturated heterocycles. The summed E-state index contributed by atoms with van der Waals surface area (Å²) < 4.78 is 33.1. The number of benzene rings is 3. The van der Waals surface area contributed by atoms with Gasteiger partial charge in [-0.15, -0.1) is 0 Å². The molecule has 1 unspecified atom stereocenters. The maximum atomic E-state index is 12.5. The highest BCUT2D eigenvalue weighted by Gasteiger charge is 2.36. The molecule has 3 aromatic carbocycles. The topological polar surface area (TPSA) is 134 Å². The molecule has 0 amide bonds. The van der Waals surface area contributed by atoms with Crippen molar-refractivity contribution in [3.8, 4) is 33.8 Å². The van der Waals surface area contributed by atoms with E-state index in [2.05, 4.69) is 4.31 Å². The van der Waals surface area contributed by atoms with Crippen LogP contribution in [-0.2, 0) is 13.4 Å². The molecule has 10 heteroatoms. The summed E-state index contributed by atoms with van der Waals surface area (Å²) in [6, 6.07) is 7.34. The van der Waals surface area contributed by atoms with E-state index in [1.165, 1.54) is 0 Å². The van der Waals surface area contributed by atoms with E-state index in [4.69, 9.17) is 14.3 Å². The molecular formula is C26H32O8P2. The van der Waals surface area contributed by atoms with Crippen LogP contribution in [0.2, 0.25) is 0 Å². The Morgan fingerprint density at radius 1 is 0.639 bits per heavy atom. The van der Waals surface area contributed by atoms with Gasteiger partial charge in [-0.2, -0.15) is 4.31 Å². The SMILES string of the molecule is Cc1c(C)c(C)c(-c2cccc(-c3c(C)c(C)c(C)c(C)c3OP(=O)(O)OP(=O)(O)O)c2)c(O)c1C. The number of aromatic hydroxyl groups is 1. The molecule has 8 nitrogen and oxygen atoms in total. The van der Waals surface area contributed by atoms with Crippen LogP contribution in [0.15, 0.2) is 24.3 Å². The maximum absolute atomic E-state index is 12.5. The summed E-state index contributed by atoms with van der Waals surface area (Å²) in [6.07, 6.45) is 0. The number of phosphoric acid groups is 2. The first kappa shape index (κ1) is 28.1. The van der Waals surface area contributed by atoms with Gasteiger partial charge in [0.2, 0.25) is 0 Å². The zero-order valence-electron chi connectivity index (χ0n) is 21.6. The Hall–Kier alpha value is -2.44. The zero-order chi connectivity index (χ0) is 27.3. The minimum atomic E-state index is -5.30. The molecule has 0 aromatic heterocycles. The van der Waals surface area contributed by atoms with Crippen molar-refractivity contribution >= 4 is 15.6 Å². The van der Waals surface area contributed by atoms with E-state index < -0.39 is 15.6 Å². The Balaban J connectivity index is 2.31. The summed E-state index contributed by atoms with van der Waals surface area (Å²) in [6.45, 7) is 15.1. The van der Waals surface area contributed by atoms with Crippen molar-refractivity contribution in [1.29, 1.82) is 0 Å². The van der Waals surface area contributed by atoms with Gasteiger partial charge in [0.05, 0.1) is 0 Å². The molecule has 0 bridgehead atoms. The normalized spacial score (nSPS) is 13.5. The predicted octanol–water partition coefficient (Wildman–Crippen LogP) is 6.78. The molecule has 194 valence electrons. The third kappa shape index (κ3) is 5.30. The van der Waals surface area contributed by atoms with Gasteiger partial charge in [-0.25, -0.2) is 9.13 Å². The van der Waals surface area contributed by atoms with Crippen LogP contribution in [-0.4, -0.2) is 19.8 Å². The Kier molecular flexibility index (Phi) is 7.65. The van der Waals surface area contributed by atoms with Crippen LogP contribution in [0, 0.1) is 55.4 Å². The Labute approximate surface area is 211 Å². The minimum absolute atomic E-state index is 0.00996. The van der Waals surface area contributed by atoms with Gasteiger partial charge in [-0.1, -0.05) is 18.2 Å². The molecule has 3 aromatic rings. The number of rotatable bonds is 6. The lowest BCUT2D eigenvalue weighted by molar-refractivity contribution is 0.229. The Morgan fingerprint density at radius 3 is 1.61 bits per heavy atom. The number of phenolic OH excluding ortho intramolecular Hbond substituents is 1. The lowest BCUT2D eigenvalue weighted by atomic mass is 9.86. The highest BCUT2D eigenvalue weighted by atomic mass is 31.3. The molecule has 3 rings (SSSR count). The van der Waals surface area contributed by atoms with Gasteiger partial charge in [0.25, 0.3) is 0 Å². The second kappa shape index (κ2) is 9.79. The van der Waals surface area contributed by atoms with Crippen LogP contribution < -0.4 is 4.52 Å². The summed E-state index contributed by atoms with van der Waals surface area (Å²) >= 11 is 0. The van der Waals surface area contributed by atoms with Crippen molar-refractivity contribution in [1.82, 2.24) is 0 Å². The Morgan fingerprint density at radius 2 is 1.08 bits per heavy atom. The van der Waals surface area contributed by atoms with Crippen molar-refractivity contribution in [2.24, 2.45) is 0 Å². The third-order valence-corrected chi connectivity index (χ3v) is 9.23. The van der Waals surface area contributed by atoms with Crippen LogP contribution in [0.1, 0.15) is 44.5 Å². The first-order valence-corrected chi connectivity index (χ1v) is 14.3. The average molecular weight is 534 g/mol.